The van der Waals surface area contributed by atoms with E-state index in [1.54, 1.807) is 16.8 Å². The van der Waals surface area contributed by atoms with E-state index in [1.807, 2.05) is 0 Å². The molecule has 0 spiro atoms. The van der Waals surface area contributed by atoms with Gasteiger partial charge in [-0.2, -0.15) is 11.3 Å². The monoisotopic (exact) mass is 379 g/mol. The summed E-state index contributed by atoms with van der Waals surface area (Å²) in [4.78, 5) is 35.2. The summed E-state index contributed by atoms with van der Waals surface area (Å²) in [6, 6.07) is 6.91. The summed E-state index contributed by atoms with van der Waals surface area (Å²) in [5, 5.41) is 6.09. The lowest BCUT2D eigenvalue weighted by Crippen LogP contribution is -2.47. The Morgan fingerprint density at radius 2 is 1.88 bits per heavy atom. The minimum atomic E-state index is -0.890. The van der Waals surface area contributed by atoms with E-state index in [1.165, 1.54) is 42.5 Å². The predicted molar refractivity (Wildman–Crippen MR) is 94.0 cm³/mol. The number of thiophene rings is 1. The molecule has 0 aliphatic rings. The van der Waals surface area contributed by atoms with Crippen molar-refractivity contribution in [2.24, 2.45) is 0 Å². The topological polar surface area (TPSA) is 96.5 Å². The van der Waals surface area contributed by atoms with Crippen LogP contribution in [-0.2, 0) is 9.59 Å². The third-order valence-electron chi connectivity index (χ3n) is 3.24. The summed E-state index contributed by atoms with van der Waals surface area (Å²) in [6.45, 7) is 1.63. The molecule has 3 N–H and O–H groups in total. The molecule has 7 nitrogen and oxygen atoms in total. The van der Waals surface area contributed by atoms with Crippen molar-refractivity contribution < 1.29 is 23.5 Å². The Hall–Kier alpha value is -2.94. The van der Waals surface area contributed by atoms with Gasteiger partial charge < -0.3 is 10.1 Å². The van der Waals surface area contributed by atoms with Crippen LogP contribution in [0.15, 0.2) is 41.1 Å². The fraction of sp³-hybridized carbons (Fsp3) is 0.235. The third kappa shape index (κ3) is 6.17. The maximum absolute atomic E-state index is 12.8. The number of benzene rings is 1. The molecule has 0 radical (unpaired) electrons. The molecule has 3 amide bonds. The second-order valence-corrected chi connectivity index (χ2v) is 6.05. The van der Waals surface area contributed by atoms with Crippen molar-refractivity contribution in [1.82, 2.24) is 16.2 Å². The summed E-state index contributed by atoms with van der Waals surface area (Å²) in [5.74, 6) is -1.36. The van der Waals surface area contributed by atoms with Crippen LogP contribution in [0.4, 0.5) is 4.39 Å². The molecular weight excluding hydrogens is 361 g/mol. The van der Waals surface area contributed by atoms with Crippen molar-refractivity contribution >= 4 is 29.1 Å². The Bertz CT molecular complexity index is 750. The first-order valence-electron chi connectivity index (χ1n) is 7.77. The number of hydrazine groups is 1. The lowest BCUT2D eigenvalue weighted by molar-refractivity contribution is -0.132. The molecule has 1 aromatic heterocycles. The summed E-state index contributed by atoms with van der Waals surface area (Å²) < 4.78 is 18.1. The third-order valence-corrected chi connectivity index (χ3v) is 3.93. The van der Waals surface area contributed by atoms with E-state index < -0.39 is 23.7 Å². The highest BCUT2D eigenvalue weighted by atomic mass is 32.1. The molecule has 26 heavy (non-hydrogen) atoms. The zero-order chi connectivity index (χ0) is 18.9. The van der Waals surface area contributed by atoms with Crippen molar-refractivity contribution in [2.45, 2.75) is 19.4 Å². The van der Waals surface area contributed by atoms with Gasteiger partial charge in [-0.25, -0.2) is 4.39 Å². The normalized spacial score (nSPS) is 11.3. The Balaban J connectivity index is 1.65. The first-order valence-corrected chi connectivity index (χ1v) is 8.71. The van der Waals surface area contributed by atoms with E-state index in [4.69, 9.17) is 4.74 Å². The van der Waals surface area contributed by atoms with Gasteiger partial charge in [0.2, 0.25) is 5.91 Å². The van der Waals surface area contributed by atoms with Gasteiger partial charge in [0.15, 0.2) is 6.10 Å². The number of halogens is 1. The zero-order valence-electron chi connectivity index (χ0n) is 14.0. The van der Waals surface area contributed by atoms with E-state index in [9.17, 15) is 18.8 Å². The molecule has 1 aromatic carbocycles. The van der Waals surface area contributed by atoms with Crippen LogP contribution in [0.5, 0.6) is 5.75 Å². The Morgan fingerprint density at radius 1 is 1.15 bits per heavy atom. The summed E-state index contributed by atoms with van der Waals surface area (Å²) in [6.07, 6.45) is -0.886. The number of hydrogen-bond acceptors (Lipinski definition) is 5. The maximum Gasteiger partial charge on any atom is 0.279 e. The van der Waals surface area contributed by atoms with Gasteiger partial charge in [-0.05, 0) is 42.6 Å². The first kappa shape index (κ1) is 19.4. The van der Waals surface area contributed by atoms with Gasteiger partial charge in [0.05, 0.1) is 0 Å². The molecule has 2 rings (SSSR count). The van der Waals surface area contributed by atoms with Crippen molar-refractivity contribution in [2.75, 3.05) is 6.54 Å². The van der Waals surface area contributed by atoms with Gasteiger partial charge in [-0.3, -0.25) is 25.2 Å². The molecule has 138 valence electrons. The number of rotatable bonds is 7. The molecule has 1 heterocycles. The van der Waals surface area contributed by atoms with Crippen LogP contribution in [0, 0.1) is 5.82 Å². The van der Waals surface area contributed by atoms with E-state index in [-0.39, 0.29) is 18.9 Å². The summed E-state index contributed by atoms with van der Waals surface area (Å²) >= 11 is 1.40. The number of nitrogens with one attached hydrogen (secondary N) is 3. The van der Waals surface area contributed by atoms with Crippen LogP contribution in [0.2, 0.25) is 0 Å². The van der Waals surface area contributed by atoms with Gasteiger partial charge in [0.25, 0.3) is 11.8 Å². The van der Waals surface area contributed by atoms with Crippen LogP contribution in [0.1, 0.15) is 23.7 Å². The zero-order valence-corrected chi connectivity index (χ0v) is 14.8. The molecule has 1 unspecified atom stereocenters. The number of amides is 3. The largest absolute Gasteiger partial charge is 0.481 e. The minimum absolute atomic E-state index is 0.00333. The van der Waals surface area contributed by atoms with E-state index >= 15 is 0 Å². The van der Waals surface area contributed by atoms with E-state index in [0.29, 0.717) is 11.3 Å². The predicted octanol–water partition coefficient (Wildman–Crippen LogP) is 1.62. The van der Waals surface area contributed by atoms with Gasteiger partial charge in [0, 0.05) is 23.9 Å². The molecule has 0 bridgehead atoms. The van der Waals surface area contributed by atoms with Crippen LogP contribution < -0.4 is 20.9 Å². The lowest BCUT2D eigenvalue weighted by Gasteiger charge is -2.15. The van der Waals surface area contributed by atoms with Gasteiger partial charge >= 0.3 is 0 Å². The Kier molecular flexibility index (Phi) is 7.10. The van der Waals surface area contributed by atoms with Crippen molar-refractivity contribution in [3.63, 3.8) is 0 Å². The maximum atomic E-state index is 12.8. The minimum Gasteiger partial charge on any atom is -0.481 e. The first-order chi connectivity index (χ1) is 12.5. The van der Waals surface area contributed by atoms with Crippen LogP contribution in [0.25, 0.3) is 0 Å². The molecule has 2 aromatic rings. The van der Waals surface area contributed by atoms with Gasteiger partial charge in [0.1, 0.15) is 11.6 Å². The molecule has 0 saturated heterocycles. The number of carbonyl (C=O) groups excluding carboxylic acids is 3. The van der Waals surface area contributed by atoms with Crippen molar-refractivity contribution in [3.05, 3.63) is 52.5 Å². The Morgan fingerprint density at radius 3 is 2.54 bits per heavy atom. The summed E-state index contributed by atoms with van der Waals surface area (Å²) in [7, 11) is 0. The Labute approximate surface area is 153 Å². The second kappa shape index (κ2) is 9.52. The van der Waals surface area contributed by atoms with Gasteiger partial charge in [-0.1, -0.05) is 0 Å². The number of hydrogen-bond donors (Lipinski definition) is 3. The van der Waals surface area contributed by atoms with Crippen molar-refractivity contribution in [3.8, 4) is 5.75 Å². The molecule has 9 heteroatoms. The van der Waals surface area contributed by atoms with E-state index in [2.05, 4.69) is 16.2 Å². The van der Waals surface area contributed by atoms with Crippen LogP contribution >= 0.6 is 11.3 Å². The van der Waals surface area contributed by atoms with Crippen LogP contribution in [0.3, 0.4) is 0 Å². The fourth-order valence-corrected chi connectivity index (χ4v) is 2.49. The van der Waals surface area contributed by atoms with Crippen molar-refractivity contribution in [1.29, 1.82) is 0 Å². The summed E-state index contributed by atoms with van der Waals surface area (Å²) in [5.41, 5.74) is 5.01. The molecule has 0 aliphatic carbocycles. The standard InChI is InChI=1S/C17H18FN3O4S/c1-11(25-14-4-2-13(18)3-5-14)16(23)21-20-15(22)6-8-19-17(24)12-7-9-26-10-12/h2-5,7,9-11H,6,8H2,1H3,(H,19,24)(H,20,22)(H,21,23). The number of ether oxygens (including phenoxy) is 1. The fourth-order valence-electron chi connectivity index (χ4n) is 1.85. The lowest BCUT2D eigenvalue weighted by atomic mass is 10.3. The average molecular weight is 379 g/mol. The van der Waals surface area contributed by atoms with E-state index in [0.717, 1.165) is 0 Å². The molecule has 0 aliphatic heterocycles. The smallest absolute Gasteiger partial charge is 0.279 e. The average Bonchev–Trinajstić information content (AvgIpc) is 3.16. The molecule has 0 saturated carbocycles. The second-order valence-electron chi connectivity index (χ2n) is 5.27. The quantitative estimate of drug-likeness (QED) is 0.637. The SMILES string of the molecule is CC(Oc1ccc(F)cc1)C(=O)NNC(=O)CCNC(=O)c1ccsc1. The molecule has 1 atom stereocenters. The highest BCUT2D eigenvalue weighted by Gasteiger charge is 2.15. The molecular formula is C17H18FN3O4S. The highest BCUT2D eigenvalue weighted by Crippen LogP contribution is 2.12. The highest BCUT2D eigenvalue weighted by molar-refractivity contribution is 7.08. The van der Waals surface area contributed by atoms with Gasteiger partial charge in [-0.15, -0.1) is 0 Å². The number of carbonyl (C=O) groups is 3. The molecule has 0 fully saturated rings. The van der Waals surface area contributed by atoms with Crippen LogP contribution in [-0.4, -0.2) is 30.4 Å².